The number of likely N-dealkylation sites (N-methyl/N-ethyl adjacent to an activating group) is 2. The summed E-state index contributed by atoms with van der Waals surface area (Å²) in [4.78, 5) is 21.5. The van der Waals surface area contributed by atoms with E-state index < -0.39 is 23.9 Å². The number of carbonyl (C=O) groups excluding carboxylic acids is 1. The Morgan fingerprint density at radius 2 is 1.90 bits per heavy atom. The minimum atomic E-state index is -1.28. The molecule has 1 spiro atoms. The van der Waals surface area contributed by atoms with Crippen molar-refractivity contribution < 1.29 is 18.7 Å². The molecule has 2 saturated carbocycles. The molecular weight excluding hydrogens is 621 g/mol. The van der Waals surface area contributed by atoms with Gasteiger partial charge in [0.25, 0.3) is 0 Å². The maximum absolute atomic E-state index is 16.7. The molecule has 7 rings (SSSR count). The van der Waals surface area contributed by atoms with Gasteiger partial charge in [0.2, 0.25) is 12.2 Å². The Bertz CT molecular complexity index is 1390. The summed E-state index contributed by atoms with van der Waals surface area (Å²) in [5.41, 5.74) is -0.653. The molecule has 11 heteroatoms. The molecule has 6 aliphatic rings. The van der Waals surface area contributed by atoms with E-state index in [1.54, 1.807) is 4.90 Å². The number of rotatable bonds is 7. The second-order valence-electron chi connectivity index (χ2n) is 15.5. The first-order valence-electron chi connectivity index (χ1n) is 18.8. The van der Waals surface area contributed by atoms with Crippen LogP contribution in [0.5, 0.6) is 5.75 Å². The summed E-state index contributed by atoms with van der Waals surface area (Å²) in [7, 11) is 4.02. The molecule has 7 unspecified atom stereocenters. The van der Waals surface area contributed by atoms with Crippen LogP contribution in [0, 0.1) is 23.2 Å². The monoisotopic (exact) mass is 677 g/mol. The minimum Gasteiger partial charge on any atom is -0.480 e. The molecule has 8 atom stereocenters. The lowest BCUT2D eigenvalue weighted by atomic mass is 9.63. The molecule has 10 nitrogen and oxygen atoms in total. The van der Waals surface area contributed by atoms with Crippen LogP contribution in [0.2, 0.25) is 0 Å². The Hall–Kier alpha value is -2.75. The highest BCUT2D eigenvalue weighted by molar-refractivity contribution is 5.87. The van der Waals surface area contributed by atoms with Crippen LogP contribution < -0.4 is 20.3 Å². The predicted octanol–water partition coefficient (Wildman–Crippen LogP) is 4.58. The topological polar surface area (TPSA) is 96.3 Å². The largest absolute Gasteiger partial charge is 0.480 e. The van der Waals surface area contributed by atoms with Crippen molar-refractivity contribution in [1.29, 1.82) is 5.26 Å². The number of alkyl halides is 1. The zero-order valence-electron chi connectivity index (χ0n) is 29.5. The normalized spacial score (nSPS) is 37.5. The lowest BCUT2D eigenvalue weighted by molar-refractivity contribution is -0.195. The number of hydrogen-bond acceptors (Lipinski definition) is 9. The summed E-state index contributed by atoms with van der Waals surface area (Å²) < 4.78 is 30.3. The lowest BCUT2D eigenvalue weighted by Gasteiger charge is -2.64. The molecule has 4 heterocycles. The molecule has 1 aromatic carbocycles. The highest BCUT2D eigenvalue weighted by Gasteiger charge is 2.62. The third kappa shape index (κ3) is 6.37. The van der Waals surface area contributed by atoms with E-state index in [1.165, 1.54) is 38.2 Å². The summed E-state index contributed by atoms with van der Waals surface area (Å²) in [6.07, 6.45) is 11.1. The SMILES string of the molecule is C=CC(=O)N1CCN(C2(C3CCCCCC3)NC(OCC3CCCN3C)NC3C[C@]4(CCC32)Oc2ccccc2N(C)C4F)CC1CC#N. The quantitative estimate of drug-likeness (QED) is 0.244. The number of halogens is 1. The van der Waals surface area contributed by atoms with Crippen molar-refractivity contribution in [2.75, 3.05) is 51.8 Å². The van der Waals surface area contributed by atoms with Crippen LogP contribution in [-0.2, 0) is 9.53 Å². The van der Waals surface area contributed by atoms with Crippen molar-refractivity contribution in [3.63, 3.8) is 0 Å². The molecule has 3 saturated heterocycles. The van der Waals surface area contributed by atoms with Gasteiger partial charge < -0.3 is 24.2 Å². The van der Waals surface area contributed by atoms with E-state index in [-0.39, 0.29) is 30.3 Å². The summed E-state index contributed by atoms with van der Waals surface area (Å²) in [5.74, 6) is 1.12. The molecule has 1 amide bonds. The Balaban J connectivity index is 1.26. The maximum atomic E-state index is 16.7. The summed E-state index contributed by atoms with van der Waals surface area (Å²) in [5, 5.41) is 17.9. The number of nitrogens with one attached hydrogen (secondary N) is 2. The van der Waals surface area contributed by atoms with Gasteiger partial charge in [-0.3, -0.25) is 20.3 Å². The van der Waals surface area contributed by atoms with Gasteiger partial charge in [-0.1, -0.05) is 44.4 Å². The van der Waals surface area contributed by atoms with Crippen molar-refractivity contribution in [3.05, 3.63) is 36.9 Å². The van der Waals surface area contributed by atoms with Gasteiger partial charge in [0.15, 0.2) is 12.0 Å². The molecule has 0 aromatic heterocycles. The molecule has 4 aliphatic heterocycles. The molecule has 0 bridgehead atoms. The van der Waals surface area contributed by atoms with Gasteiger partial charge in [-0.05, 0) is 76.2 Å². The first-order valence-corrected chi connectivity index (χ1v) is 18.8. The Labute approximate surface area is 291 Å². The van der Waals surface area contributed by atoms with Crippen molar-refractivity contribution in [2.45, 2.75) is 119 Å². The Morgan fingerprint density at radius 1 is 1.10 bits per heavy atom. The third-order valence-corrected chi connectivity index (χ3v) is 13.0. The van der Waals surface area contributed by atoms with E-state index in [9.17, 15) is 10.1 Å². The van der Waals surface area contributed by atoms with Crippen LogP contribution in [0.4, 0.5) is 10.1 Å². The van der Waals surface area contributed by atoms with Crippen molar-refractivity contribution >= 4 is 11.6 Å². The number of carbonyl (C=O) groups is 1. The Kier molecular flexibility index (Phi) is 10.2. The molecule has 2 aliphatic carbocycles. The van der Waals surface area contributed by atoms with E-state index in [4.69, 9.17) is 9.47 Å². The highest BCUT2D eigenvalue weighted by atomic mass is 19.1. The lowest BCUT2D eigenvalue weighted by Crippen LogP contribution is -2.82. The van der Waals surface area contributed by atoms with Crippen LogP contribution in [0.25, 0.3) is 0 Å². The van der Waals surface area contributed by atoms with Gasteiger partial charge in [0.05, 0.1) is 36.5 Å². The molecule has 1 aromatic rings. The van der Waals surface area contributed by atoms with E-state index in [0.29, 0.717) is 51.0 Å². The van der Waals surface area contributed by atoms with E-state index in [0.717, 1.165) is 43.7 Å². The number of nitriles is 1. The third-order valence-electron chi connectivity index (χ3n) is 13.0. The molecule has 2 N–H and O–H groups in total. The van der Waals surface area contributed by atoms with Gasteiger partial charge in [-0.15, -0.1) is 0 Å². The number of amides is 1. The number of benzene rings is 1. The van der Waals surface area contributed by atoms with Crippen LogP contribution in [0.1, 0.15) is 77.0 Å². The van der Waals surface area contributed by atoms with Crippen LogP contribution in [-0.4, -0.2) is 110 Å². The van der Waals surface area contributed by atoms with Gasteiger partial charge in [-0.25, -0.2) is 4.39 Å². The van der Waals surface area contributed by atoms with Gasteiger partial charge in [0, 0.05) is 51.1 Å². The summed E-state index contributed by atoms with van der Waals surface area (Å²) in [6.45, 7) is 7.27. The predicted molar refractivity (Wildman–Crippen MR) is 187 cm³/mol. The van der Waals surface area contributed by atoms with Crippen LogP contribution in [0.3, 0.4) is 0 Å². The van der Waals surface area contributed by atoms with Crippen molar-refractivity contribution in [1.82, 2.24) is 25.3 Å². The molecule has 5 fully saturated rings. The summed E-state index contributed by atoms with van der Waals surface area (Å²) >= 11 is 0. The standard InChI is InChI=1S/C38H56FN7O3/c1-4-34(47)46-23-22-45(25-28(46)18-20-40)38(27-12-7-5-6-8-13-27)30-17-19-37(35(39)44(3)32-15-9-10-16-33(32)49-37)24-31(30)41-36(42-38)48-26-29-14-11-21-43(29)2/h4,9-10,15-16,27-31,35-36,41-42H,1,5-8,11-14,17-19,21-26H2,2-3H3/t28?,29?,30?,31?,35?,36?,37-,38?/m0/s1. The molecule has 49 heavy (non-hydrogen) atoms. The van der Waals surface area contributed by atoms with Crippen LogP contribution >= 0.6 is 0 Å². The van der Waals surface area contributed by atoms with E-state index in [1.807, 2.05) is 36.2 Å². The first-order chi connectivity index (χ1) is 23.8. The minimum absolute atomic E-state index is 0.0660. The van der Waals surface area contributed by atoms with Crippen LogP contribution in [0.15, 0.2) is 36.9 Å². The van der Waals surface area contributed by atoms with Gasteiger partial charge in [-0.2, -0.15) is 5.26 Å². The highest BCUT2D eigenvalue weighted by Crippen LogP contribution is 2.53. The molecule has 0 radical (unpaired) electrons. The number of para-hydroxylation sites is 2. The fourth-order valence-corrected chi connectivity index (χ4v) is 10.4. The average molecular weight is 678 g/mol. The number of nitrogens with zero attached hydrogens (tertiary/aromatic N) is 5. The fraction of sp³-hybridized carbons (Fsp3) is 0.737. The first kappa shape index (κ1) is 34.7. The van der Waals surface area contributed by atoms with E-state index in [2.05, 4.69) is 40.1 Å². The maximum Gasteiger partial charge on any atom is 0.246 e. The fourth-order valence-electron chi connectivity index (χ4n) is 10.4. The Morgan fingerprint density at radius 3 is 2.63 bits per heavy atom. The van der Waals surface area contributed by atoms with Gasteiger partial charge in [0.1, 0.15) is 5.75 Å². The average Bonchev–Trinajstić information content (AvgIpc) is 3.33. The summed E-state index contributed by atoms with van der Waals surface area (Å²) in [6, 6.07) is 10.2. The van der Waals surface area contributed by atoms with Gasteiger partial charge >= 0.3 is 0 Å². The molecule has 268 valence electrons. The smallest absolute Gasteiger partial charge is 0.246 e. The number of likely N-dealkylation sites (tertiary alicyclic amines) is 1. The second-order valence-corrected chi connectivity index (χ2v) is 15.5. The zero-order valence-corrected chi connectivity index (χ0v) is 29.5. The second kappa shape index (κ2) is 14.5. The number of fused-ring (bicyclic) bond motifs is 2. The number of ether oxygens (including phenoxy) is 2. The van der Waals surface area contributed by atoms with Crippen molar-refractivity contribution in [3.8, 4) is 11.8 Å². The van der Waals surface area contributed by atoms with E-state index >= 15 is 4.39 Å². The number of anilines is 1. The number of piperazine rings is 1. The zero-order chi connectivity index (χ0) is 34.2. The van der Waals surface area contributed by atoms with Crippen molar-refractivity contribution in [2.24, 2.45) is 11.8 Å². The molecular formula is C38H56FN7O3. The number of hydrogen-bond donors (Lipinski definition) is 2.